The van der Waals surface area contributed by atoms with Gasteiger partial charge in [0.05, 0.1) is 5.69 Å². The summed E-state index contributed by atoms with van der Waals surface area (Å²) in [4.78, 5) is 29.9. The van der Waals surface area contributed by atoms with Gasteiger partial charge in [0, 0.05) is 43.1 Å². The third-order valence-corrected chi connectivity index (χ3v) is 7.68. The van der Waals surface area contributed by atoms with E-state index in [4.69, 9.17) is 22.1 Å². The maximum Gasteiger partial charge on any atom is 0.411 e. The molecule has 2 aliphatic rings. The van der Waals surface area contributed by atoms with Crippen LogP contribution in [0.15, 0.2) is 41.4 Å². The molecule has 1 aromatic heterocycles. The monoisotopic (exact) mass is 522 g/mol. The van der Waals surface area contributed by atoms with Crippen LogP contribution in [0.1, 0.15) is 39.5 Å². The van der Waals surface area contributed by atoms with Crippen molar-refractivity contribution in [3.8, 4) is 11.6 Å². The Hall–Kier alpha value is -3.05. The molecule has 1 aromatic carbocycles. The number of primary amides is 1. The Bertz CT molecular complexity index is 1250. The summed E-state index contributed by atoms with van der Waals surface area (Å²) in [5.74, 6) is -0.693. The van der Waals surface area contributed by atoms with E-state index in [9.17, 15) is 18.0 Å². The molecule has 3 N–H and O–H groups in total. The van der Waals surface area contributed by atoms with E-state index in [2.05, 4.69) is 28.5 Å². The van der Waals surface area contributed by atoms with Gasteiger partial charge in [0.15, 0.2) is 10.6 Å². The SMILES string of the molecule is CC1(C)CCN(c2ccc(Cl)cc2OC2(C(=O)NS(=O)(=O)c3cccc(OC(N)=O)n3)CC2)CC1. The molecule has 188 valence electrons. The molecular weight excluding hydrogens is 496 g/mol. The highest BCUT2D eigenvalue weighted by atomic mass is 35.5. The minimum atomic E-state index is -4.36. The number of nitrogens with zero attached hydrogens (tertiary/aromatic N) is 2. The summed E-state index contributed by atoms with van der Waals surface area (Å²) in [5.41, 5.74) is 4.66. The summed E-state index contributed by atoms with van der Waals surface area (Å²) in [5, 5.41) is -0.0554. The van der Waals surface area contributed by atoms with Gasteiger partial charge in [-0.15, -0.1) is 0 Å². The molecule has 35 heavy (non-hydrogen) atoms. The third-order valence-electron chi connectivity index (χ3n) is 6.21. The lowest BCUT2D eigenvalue weighted by Crippen LogP contribution is -2.44. The Balaban J connectivity index is 1.52. The van der Waals surface area contributed by atoms with Crippen LogP contribution in [-0.4, -0.2) is 44.1 Å². The van der Waals surface area contributed by atoms with E-state index in [1.807, 2.05) is 10.8 Å². The van der Waals surface area contributed by atoms with Gasteiger partial charge >= 0.3 is 6.09 Å². The highest BCUT2D eigenvalue weighted by Crippen LogP contribution is 2.45. The molecule has 2 amide bonds. The van der Waals surface area contributed by atoms with Gasteiger partial charge in [0.2, 0.25) is 5.88 Å². The molecule has 2 aromatic rings. The first-order valence-electron chi connectivity index (χ1n) is 11.1. The van der Waals surface area contributed by atoms with Crippen LogP contribution in [0.3, 0.4) is 0 Å². The molecule has 0 radical (unpaired) electrons. The number of hydrogen-bond donors (Lipinski definition) is 2. The second-order valence-corrected chi connectivity index (χ2v) is 11.6. The van der Waals surface area contributed by atoms with Crippen molar-refractivity contribution >= 4 is 39.3 Å². The number of nitrogens with one attached hydrogen (secondary N) is 1. The number of aromatic nitrogens is 1. The van der Waals surface area contributed by atoms with Crippen LogP contribution in [0.4, 0.5) is 10.5 Å². The zero-order valence-corrected chi connectivity index (χ0v) is 21.0. The van der Waals surface area contributed by atoms with Crippen LogP contribution in [-0.2, 0) is 14.8 Å². The molecule has 1 aliphatic heterocycles. The van der Waals surface area contributed by atoms with E-state index < -0.39 is 32.7 Å². The summed E-state index contributed by atoms with van der Waals surface area (Å²) in [6.07, 6.45) is 1.54. The van der Waals surface area contributed by atoms with Crippen LogP contribution < -0.4 is 24.8 Å². The molecule has 1 saturated carbocycles. The van der Waals surface area contributed by atoms with Gasteiger partial charge in [-0.1, -0.05) is 31.5 Å². The summed E-state index contributed by atoms with van der Waals surface area (Å²) >= 11 is 6.22. The van der Waals surface area contributed by atoms with Crippen molar-refractivity contribution < 1.29 is 27.5 Å². The Morgan fingerprint density at radius 1 is 1.11 bits per heavy atom. The molecule has 4 rings (SSSR count). The maximum absolute atomic E-state index is 13.0. The molecular formula is C23H27ClN4O6S. The number of pyridine rings is 1. The molecule has 0 atom stereocenters. The molecule has 1 aliphatic carbocycles. The summed E-state index contributed by atoms with van der Waals surface area (Å²) < 4.78 is 38.4. The Kier molecular flexibility index (Phi) is 6.58. The number of nitrogens with two attached hydrogens (primary N) is 1. The van der Waals surface area contributed by atoms with Crippen molar-refractivity contribution in [3.05, 3.63) is 41.4 Å². The van der Waals surface area contributed by atoms with Gasteiger partial charge in [-0.3, -0.25) is 4.79 Å². The minimum absolute atomic E-state index is 0.254. The van der Waals surface area contributed by atoms with Crippen LogP contribution in [0.2, 0.25) is 5.02 Å². The van der Waals surface area contributed by atoms with E-state index in [-0.39, 0.29) is 11.3 Å². The van der Waals surface area contributed by atoms with Gasteiger partial charge in [-0.05, 0) is 36.5 Å². The lowest BCUT2D eigenvalue weighted by Gasteiger charge is -2.39. The number of amides is 2. The second-order valence-electron chi connectivity index (χ2n) is 9.53. The average Bonchev–Trinajstić information content (AvgIpc) is 3.55. The van der Waals surface area contributed by atoms with Gasteiger partial charge in [-0.25, -0.2) is 9.52 Å². The standard InChI is InChI=1S/C23H27ClN4O6S/c1-22(2)10-12-28(13-11-22)16-7-6-15(24)14-17(16)34-23(8-9-23)20(29)27-35(31,32)19-5-3-4-18(26-19)33-21(25)30/h3-7,14H,8-13H2,1-2H3,(H2,25,30)(H,27,29). The number of benzene rings is 1. The number of hydrogen-bond acceptors (Lipinski definition) is 8. The van der Waals surface area contributed by atoms with Crippen LogP contribution >= 0.6 is 11.6 Å². The zero-order valence-electron chi connectivity index (χ0n) is 19.4. The van der Waals surface area contributed by atoms with Gasteiger partial charge in [0.25, 0.3) is 15.9 Å². The number of halogens is 1. The largest absolute Gasteiger partial charge is 0.475 e. The van der Waals surface area contributed by atoms with Crippen molar-refractivity contribution in [3.63, 3.8) is 0 Å². The summed E-state index contributed by atoms with van der Waals surface area (Å²) in [6, 6.07) is 9.00. The third kappa shape index (κ3) is 5.79. The van der Waals surface area contributed by atoms with Crippen molar-refractivity contribution in [1.29, 1.82) is 0 Å². The smallest absolute Gasteiger partial charge is 0.411 e. The quantitative estimate of drug-likeness (QED) is 0.564. The van der Waals surface area contributed by atoms with E-state index in [0.29, 0.717) is 23.6 Å². The van der Waals surface area contributed by atoms with Crippen molar-refractivity contribution in [1.82, 2.24) is 9.71 Å². The van der Waals surface area contributed by atoms with Gasteiger partial charge in [0.1, 0.15) is 5.75 Å². The van der Waals surface area contributed by atoms with Gasteiger partial charge in [-0.2, -0.15) is 13.4 Å². The van der Waals surface area contributed by atoms with E-state index in [1.165, 1.54) is 12.1 Å². The summed E-state index contributed by atoms with van der Waals surface area (Å²) in [6.45, 7) is 6.12. The molecule has 2 fully saturated rings. The first kappa shape index (κ1) is 25.1. The van der Waals surface area contributed by atoms with E-state index >= 15 is 0 Å². The van der Waals surface area contributed by atoms with Crippen LogP contribution in [0.25, 0.3) is 0 Å². The van der Waals surface area contributed by atoms with Crippen LogP contribution in [0, 0.1) is 5.41 Å². The molecule has 0 unspecified atom stereocenters. The highest BCUT2D eigenvalue weighted by Gasteiger charge is 2.54. The van der Waals surface area contributed by atoms with Gasteiger partial charge < -0.3 is 20.1 Å². The number of rotatable bonds is 7. The van der Waals surface area contributed by atoms with E-state index in [1.54, 1.807) is 12.1 Å². The first-order valence-corrected chi connectivity index (χ1v) is 13.0. The molecule has 0 spiro atoms. The predicted molar refractivity (Wildman–Crippen MR) is 129 cm³/mol. The molecule has 2 heterocycles. The Morgan fingerprint density at radius 2 is 1.80 bits per heavy atom. The Morgan fingerprint density at radius 3 is 2.43 bits per heavy atom. The number of carbonyl (C=O) groups is 2. The predicted octanol–water partition coefficient (Wildman–Crippen LogP) is 3.24. The summed E-state index contributed by atoms with van der Waals surface area (Å²) in [7, 11) is -4.36. The normalized spacial score (nSPS) is 18.4. The van der Waals surface area contributed by atoms with Crippen molar-refractivity contribution in [2.75, 3.05) is 18.0 Å². The zero-order chi connectivity index (χ0) is 25.4. The highest BCUT2D eigenvalue weighted by molar-refractivity contribution is 7.90. The lowest BCUT2D eigenvalue weighted by atomic mass is 9.82. The van der Waals surface area contributed by atoms with Crippen molar-refractivity contribution in [2.45, 2.75) is 50.2 Å². The number of sulfonamides is 1. The fourth-order valence-electron chi connectivity index (χ4n) is 3.86. The topological polar surface area (TPSA) is 141 Å². The fraction of sp³-hybridized carbons (Fsp3) is 0.435. The molecule has 10 nitrogen and oxygen atoms in total. The maximum atomic E-state index is 13.0. The number of anilines is 1. The average molecular weight is 523 g/mol. The Labute approximate surface area is 208 Å². The minimum Gasteiger partial charge on any atom is -0.475 e. The fourth-order valence-corrected chi connectivity index (χ4v) is 5.02. The second kappa shape index (κ2) is 9.19. The lowest BCUT2D eigenvalue weighted by molar-refractivity contribution is -0.127. The van der Waals surface area contributed by atoms with Crippen LogP contribution in [0.5, 0.6) is 11.6 Å². The van der Waals surface area contributed by atoms with Crippen molar-refractivity contribution in [2.24, 2.45) is 11.1 Å². The first-order chi connectivity index (χ1) is 16.4. The number of ether oxygens (including phenoxy) is 2. The van der Waals surface area contributed by atoms with E-state index in [0.717, 1.165) is 37.7 Å². The number of piperidine rings is 1. The molecule has 12 heteroatoms. The molecule has 1 saturated heterocycles. The molecule has 0 bridgehead atoms. The number of carbonyl (C=O) groups excluding carboxylic acids is 2.